The average molecular weight is 323 g/mol. The highest BCUT2D eigenvalue weighted by atomic mass is 79.9. The molecule has 2 saturated carbocycles. The Hall–Kier alpha value is -0.410. The van der Waals surface area contributed by atoms with Crippen LogP contribution in [0.5, 0.6) is 0 Å². The zero-order valence-corrected chi connectivity index (χ0v) is 13.1. The van der Waals surface area contributed by atoms with Gasteiger partial charge in [0.2, 0.25) is 0 Å². The molecule has 3 heteroatoms. The zero-order chi connectivity index (χ0) is 13.1. The molecule has 0 aliphatic heterocycles. The summed E-state index contributed by atoms with van der Waals surface area (Å²) in [6.07, 6.45) is 14.8. The fourth-order valence-corrected chi connectivity index (χ4v) is 3.76. The summed E-state index contributed by atoms with van der Waals surface area (Å²) in [5, 5.41) is 3.77. The van der Waals surface area contributed by atoms with E-state index in [9.17, 15) is 0 Å². The second-order valence-electron chi connectivity index (χ2n) is 6.40. The molecule has 2 fully saturated rings. The van der Waals surface area contributed by atoms with Crippen molar-refractivity contribution in [3.8, 4) is 0 Å². The summed E-state index contributed by atoms with van der Waals surface area (Å²) in [7, 11) is 0. The van der Waals surface area contributed by atoms with Gasteiger partial charge in [-0.3, -0.25) is 4.98 Å². The maximum absolute atomic E-state index is 4.32. The Morgan fingerprint density at radius 2 is 2.00 bits per heavy atom. The third-order valence-corrected chi connectivity index (χ3v) is 5.03. The molecule has 3 rings (SSSR count). The summed E-state index contributed by atoms with van der Waals surface area (Å²) in [6, 6.07) is 3.06. The van der Waals surface area contributed by atoms with Crippen LogP contribution in [0.15, 0.2) is 22.9 Å². The van der Waals surface area contributed by atoms with Crippen LogP contribution in [0, 0.1) is 5.41 Å². The molecule has 0 amide bonds. The quantitative estimate of drug-likeness (QED) is 0.883. The Kier molecular flexibility index (Phi) is 4.23. The van der Waals surface area contributed by atoms with Gasteiger partial charge in [0.15, 0.2) is 0 Å². The molecule has 1 aromatic rings. The third kappa shape index (κ3) is 3.79. The zero-order valence-electron chi connectivity index (χ0n) is 11.5. The molecule has 0 radical (unpaired) electrons. The predicted molar refractivity (Wildman–Crippen MR) is 82.2 cm³/mol. The Bertz CT molecular complexity index is 423. The minimum Gasteiger partial charge on any atom is -0.313 e. The highest BCUT2D eigenvalue weighted by molar-refractivity contribution is 9.10. The molecule has 0 unspecified atom stereocenters. The molecule has 0 spiro atoms. The number of rotatable bonds is 5. The summed E-state index contributed by atoms with van der Waals surface area (Å²) >= 11 is 3.54. The molecule has 104 valence electrons. The summed E-state index contributed by atoms with van der Waals surface area (Å²) < 4.78 is 1.10. The van der Waals surface area contributed by atoms with Crippen molar-refractivity contribution >= 4 is 15.9 Å². The van der Waals surface area contributed by atoms with Gasteiger partial charge in [-0.1, -0.05) is 19.3 Å². The summed E-state index contributed by atoms with van der Waals surface area (Å²) in [5.41, 5.74) is 1.86. The largest absolute Gasteiger partial charge is 0.313 e. The molecule has 2 aliphatic carbocycles. The fraction of sp³-hybridized carbons (Fsp3) is 0.688. The first-order valence-corrected chi connectivity index (χ1v) is 8.38. The van der Waals surface area contributed by atoms with Crippen LogP contribution in [0.1, 0.15) is 50.5 Å². The SMILES string of the molecule is Brc1cncc(CC2(CNC3CC3)CCCCC2)c1. The lowest BCUT2D eigenvalue weighted by Gasteiger charge is -2.38. The summed E-state index contributed by atoms with van der Waals surface area (Å²) in [6.45, 7) is 1.20. The predicted octanol–water partition coefficient (Wildman–Crippen LogP) is 4.09. The van der Waals surface area contributed by atoms with Gasteiger partial charge in [0.05, 0.1) is 0 Å². The van der Waals surface area contributed by atoms with Gasteiger partial charge in [-0.2, -0.15) is 0 Å². The Balaban J connectivity index is 1.69. The number of hydrogen-bond acceptors (Lipinski definition) is 2. The van der Waals surface area contributed by atoms with E-state index in [0.29, 0.717) is 5.41 Å². The van der Waals surface area contributed by atoms with E-state index < -0.39 is 0 Å². The van der Waals surface area contributed by atoms with Crippen molar-refractivity contribution in [2.45, 2.75) is 57.4 Å². The van der Waals surface area contributed by atoms with E-state index in [1.165, 1.54) is 63.5 Å². The molecule has 1 heterocycles. The lowest BCUT2D eigenvalue weighted by Crippen LogP contribution is -2.38. The van der Waals surface area contributed by atoms with Gasteiger partial charge in [-0.05, 0) is 65.1 Å². The molecule has 2 aliphatic rings. The smallest absolute Gasteiger partial charge is 0.0410 e. The summed E-state index contributed by atoms with van der Waals surface area (Å²) in [5.74, 6) is 0. The standard InChI is InChI=1S/C16H23BrN2/c17-14-8-13(10-18-11-14)9-16(6-2-1-3-7-16)12-19-15-4-5-15/h8,10-11,15,19H,1-7,9,12H2. The van der Waals surface area contributed by atoms with E-state index in [1.54, 1.807) is 0 Å². The minimum atomic E-state index is 0.476. The van der Waals surface area contributed by atoms with Gasteiger partial charge in [-0.15, -0.1) is 0 Å². The van der Waals surface area contributed by atoms with Crippen molar-refractivity contribution < 1.29 is 0 Å². The van der Waals surface area contributed by atoms with Crippen LogP contribution in [0.25, 0.3) is 0 Å². The number of nitrogens with one attached hydrogen (secondary N) is 1. The van der Waals surface area contributed by atoms with Crippen molar-refractivity contribution in [2.24, 2.45) is 5.41 Å². The Morgan fingerprint density at radius 1 is 1.21 bits per heavy atom. The highest BCUT2D eigenvalue weighted by Crippen LogP contribution is 2.39. The molecule has 0 atom stereocenters. The monoisotopic (exact) mass is 322 g/mol. The lowest BCUT2D eigenvalue weighted by molar-refractivity contribution is 0.180. The van der Waals surface area contributed by atoms with Gasteiger partial charge in [0.1, 0.15) is 0 Å². The normalized spacial score (nSPS) is 22.4. The Labute approximate surface area is 124 Å². The van der Waals surface area contributed by atoms with E-state index in [1.807, 2.05) is 12.4 Å². The average Bonchev–Trinajstić information content (AvgIpc) is 3.22. The number of halogens is 1. The molecule has 1 aromatic heterocycles. The third-order valence-electron chi connectivity index (χ3n) is 4.60. The summed E-state index contributed by atoms with van der Waals surface area (Å²) in [4.78, 5) is 4.32. The van der Waals surface area contributed by atoms with E-state index in [-0.39, 0.29) is 0 Å². The molecular weight excluding hydrogens is 300 g/mol. The van der Waals surface area contributed by atoms with Crippen molar-refractivity contribution in [1.82, 2.24) is 10.3 Å². The molecule has 19 heavy (non-hydrogen) atoms. The molecule has 0 aromatic carbocycles. The van der Waals surface area contributed by atoms with E-state index in [2.05, 4.69) is 32.3 Å². The van der Waals surface area contributed by atoms with Crippen LogP contribution in [0.3, 0.4) is 0 Å². The van der Waals surface area contributed by atoms with E-state index in [0.717, 1.165) is 10.5 Å². The second kappa shape index (κ2) is 5.92. The van der Waals surface area contributed by atoms with Crippen molar-refractivity contribution in [1.29, 1.82) is 0 Å². The first-order chi connectivity index (χ1) is 9.26. The first kappa shape index (κ1) is 13.6. The maximum atomic E-state index is 4.32. The van der Waals surface area contributed by atoms with Gasteiger partial charge < -0.3 is 5.32 Å². The van der Waals surface area contributed by atoms with Crippen LogP contribution < -0.4 is 5.32 Å². The van der Waals surface area contributed by atoms with Crippen LogP contribution in [0.4, 0.5) is 0 Å². The fourth-order valence-electron chi connectivity index (χ4n) is 3.35. The highest BCUT2D eigenvalue weighted by Gasteiger charge is 2.34. The van der Waals surface area contributed by atoms with Crippen LogP contribution in [-0.4, -0.2) is 17.6 Å². The number of hydrogen-bond donors (Lipinski definition) is 1. The molecule has 1 N–H and O–H groups in total. The number of nitrogens with zero attached hydrogens (tertiary/aromatic N) is 1. The second-order valence-corrected chi connectivity index (χ2v) is 7.32. The molecule has 0 saturated heterocycles. The Morgan fingerprint density at radius 3 is 2.68 bits per heavy atom. The topological polar surface area (TPSA) is 24.9 Å². The number of aromatic nitrogens is 1. The lowest BCUT2D eigenvalue weighted by atomic mass is 9.70. The van der Waals surface area contributed by atoms with Crippen LogP contribution in [0.2, 0.25) is 0 Å². The molecule has 0 bridgehead atoms. The van der Waals surface area contributed by atoms with Gasteiger partial charge >= 0.3 is 0 Å². The molecule has 2 nitrogen and oxygen atoms in total. The maximum Gasteiger partial charge on any atom is 0.0410 e. The minimum absolute atomic E-state index is 0.476. The van der Waals surface area contributed by atoms with Crippen molar-refractivity contribution in [2.75, 3.05) is 6.54 Å². The van der Waals surface area contributed by atoms with Gasteiger partial charge in [0.25, 0.3) is 0 Å². The van der Waals surface area contributed by atoms with Crippen LogP contribution >= 0.6 is 15.9 Å². The molecular formula is C16H23BrN2. The van der Waals surface area contributed by atoms with Crippen molar-refractivity contribution in [3.63, 3.8) is 0 Å². The van der Waals surface area contributed by atoms with E-state index >= 15 is 0 Å². The van der Waals surface area contributed by atoms with E-state index in [4.69, 9.17) is 0 Å². The first-order valence-electron chi connectivity index (χ1n) is 7.59. The van der Waals surface area contributed by atoms with Gasteiger partial charge in [-0.25, -0.2) is 0 Å². The van der Waals surface area contributed by atoms with Crippen LogP contribution in [-0.2, 0) is 6.42 Å². The van der Waals surface area contributed by atoms with Gasteiger partial charge in [0, 0.05) is 29.5 Å². The van der Waals surface area contributed by atoms with Crippen molar-refractivity contribution in [3.05, 3.63) is 28.5 Å². The number of pyridine rings is 1.